The molecule has 0 unspecified atom stereocenters. The number of amides is 2. The van der Waals surface area contributed by atoms with Crippen LogP contribution in [0.4, 0.5) is 0 Å². The fraction of sp³-hybridized carbons (Fsp3) is 0.333. The number of hydrogen-bond acceptors (Lipinski definition) is 2. The van der Waals surface area contributed by atoms with Crippen LogP contribution in [-0.4, -0.2) is 23.4 Å². The normalized spacial score (nSPS) is 19.5. The summed E-state index contributed by atoms with van der Waals surface area (Å²) in [5, 5.41) is 6.33. The summed E-state index contributed by atoms with van der Waals surface area (Å²) in [6.45, 7) is 6.17. The van der Waals surface area contributed by atoms with Crippen molar-refractivity contribution in [3.05, 3.63) is 83.4 Å². The molecule has 2 amide bonds. The van der Waals surface area contributed by atoms with Crippen LogP contribution in [0, 0.1) is 5.92 Å². The molecular formula is C24H28N2O2. The molecule has 0 aliphatic heterocycles. The van der Waals surface area contributed by atoms with Gasteiger partial charge in [0.05, 0.1) is 6.04 Å². The molecule has 0 saturated heterocycles. The summed E-state index contributed by atoms with van der Waals surface area (Å²) in [4.78, 5) is 25.2. The maximum Gasteiger partial charge on any atom is 0.251 e. The minimum atomic E-state index is -0.389. The molecular weight excluding hydrogens is 348 g/mol. The fourth-order valence-electron chi connectivity index (χ4n) is 3.69. The van der Waals surface area contributed by atoms with Crippen molar-refractivity contribution in [3.63, 3.8) is 0 Å². The lowest BCUT2D eigenvalue weighted by atomic mass is 9.75. The standard InChI is InChI=1S/C24H28N2O2/c1-17-14-15-20(16-21(17)25-22(27)18-10-6-4-7-11-18)24(2,3)26-23(28)19-12-8-5-9-13-19/h4-14,20-21H,15-16H2,1-3H3,(H,25,27)(H,26,28)/t20-,21+/m0/s1. The molecule has 1 aliphatic carbocycles. The van der Waals surface area contributed by atoms with Crippen LogP contribution in [0.15, 0.2) is 72.3 Å². The Morgan fingerprint density at radius 2 is 1.43 bits per heavy atom. The van der Waals surface area contributed by atoms with Crippen molar-refractivity contribution in [3.8, 4) is 0 Å². The van der Waals surface area contributed by atoms with E-state index in [1.807, 2.05) is 60.7 Å². The first-order valence-corrected chi connectivity index (χ1v) is 9.77. The molecule has 0 spiro atoms. The number of rotatable bonds is 5. The van der Waals surface area contributed by atoms with Crippen LogP contribution < -0.4 is 10.6 Å². The third-order valence-corrected chi connectivity index (χ3v) is 5.63. The average Bonchev–Trinajstić information content (AvgIpc) is 2.70. The summed E-state index contributed by atoms with van der Waals surface area (Å²) in [5.41, 5.74) is 2.10. The zero-order chi connectivity index (χ0) is 20.1. The quantitative estimate of drug-likeness (QED) is 0.762. The first-order valence-electron chi connectivity index (χ1n) is 9.77. The Labute approximate surface area is 167 Å². The Balaban J connectivity index is 1.67. The van der Waals surface area contributed by atoms with Gasteiger partial charge < -0.3 is 10.6 Å². The van der Waals surface area contributed by atoms with E-state index in [4.69, 9.17) is 0 Å². The van der Waals surface area contributed by atoms with Gasteiger partial charge in [0.2, 0.25) is 0 Å². The number of hydrogen-bond donors (Lipinski definition) is 2. The summed E-state index contributed by atoms with van der Waals surface area (Å²) >= 11 is 0. The summed E-state index contributed by atoms with van der Waals surface area (Å²) in [6, 6.07) is 18.5. The lowest BCUT2D eigenvalue weighted by Gasteiger charge is -2.40. The molecule has 0 bridgehead atoms. The smallest absolute Gasteiger partial charge is 0.251 e. The van der Waals surface area contributed by atoms with Gasteiger partial charge in [-0.25, -0.2) is 0 Å². The zero-order valence-electron chi connectivity index (χ0n) is 16.7. The predicted octanol–water partition coefficient (Wildman–Crippen LogP) is 4.35. The van der Waals surface area contributed by atoms with E-state index >= 15 is 0 Å². The maximum absolute atomic E-state index is 12.6. The first-order chi connectivity index (χ1) is 13.4. The highest BCUT2D eigenvalue weighted by molar-refractivity contribution is 5.95. The molecule has 0 radical (unpaired) electrons. The second kappa shape index (κ2) is 8.42. The molecule has 2 aromatic rings. The highest BCUT2D eigenvalue weighted by Gasteiger charge is 2.35. The van der Waals surface area contributed by atoms with Crippen LogP contribution in [-0.2, 0) is 0 Å². The van der Waals surface area contributed by atoms with Gasteiger partial charge in [-0.3, -0.25) is 9.59 Å². The van der Waals surface area contributed by atoms with E-state index in [1.54, 1.807) is 0 Å². The van der Waals surface area contributed by atoms with E-state index in [2.05, 4.69) is 37.5 Å². The molecule has 0 heterocycles. The Bertz CT molecular complexity index is 857. The fourth-order valence-corrected chi connectivity index (χ4v) is 3.69. The van der Waals surface area contributed by atoms with Crippen molar-refractivity contribution < 1.29 is 9.59 Å². The van der Waals surface area contributed by atoms with E-state index in [-0.39, 0.29) is 29.3 Å². The van der Waals surface area contributed by atoms with Gasteiger partial charge in [0.15, 0.2) is 0 Å². The van der Waals surface area contributed by atoms with E-state index < -0.39 is 0 Å². The molecule has 146 valence electrons. The van der Waals surface area contributed by atoms with Gasteiger partial charge >= 0.3 is 0 Å². The second-order valence-electron chi connectivity index (χ2n) is 8.05. The van der Waals surface area contributed by atoms with E-state index in [1.165, 1.54) is 5.57 Å². The summed E-state index contributed by atoms with van der Waals surface area (Å²) in [7, 11) is 0. The number of carbonyl (C=O) groups excluding carboxylic acids is 2. The Kier molecular flexibility index (Phi) is 5.98. The minimum Gasteiger partial charge on any atom is -0.347 e. The average molecular weight is 377 g/mol. The molecule has 1 aliphatic rings. The van der Waals surface area contributed by atoms with E-state index in [0.717, 1.165) is 12.8 Å². The Hall–Kier alpha value is -2.88. The van der Waals surface area contributed by atoms with E-state index in [9.17, 15) is 9.59 Å². The monoisotopic (exact) mass is 376 g/mol. The molecule has 0 aromatic heterocycles. The number of benzene rings is 2. The van der Waals surface area contributed by atoms with Crippen LogP contribution in [0.1, 0.15) is 54.3 Å². The first kappa shape index (κ1) is 19.9. The molecule has 0 saturated carbocycles. The summed E-state index contributed by atoms with van der Waals surface area (Å²) in [6.07, 6.45) is 3.86. The highest BCUT2D eigenvalue weighted by atomic mass is 16.2. The summed E-state index contributed by atoms with van der Waals surface area (Å²) < 4.78 is 0. The van der Waals surface area contributed by atoms with Crippen LogP contribution in [0.3, 0.4) is 0 Å². The molecule has 4 heteroatoms. The molecule has 4 nitrogen and oxygen atoms in total. The van der Waals surface area contributed by atoms with Crippen LogP contribution in [0.5, 0.6) is 0 Å². The van der Waals surface area contributed by atoms with Crippen LogP contribution in [0.25, 0.3) is 0 Å². The lowest BCUT2D eigenvalue weighted by Crippen LogP contribution is -2.52. The minimum absolute atomic E-state index is 0.0284. The van der Waals surface area contributed by atoms with Crippen molar-refractivity contribution in [2.45, 2.75) is 45.2 Å². The predicted molar refractivity (Wildman–Crippen MR) is 112 cm³/mol. The van der Waals surface area contributed by atoms with Crippen molar-refractivity contribution in [2.75, 3.05) is 0 Å². The van der Waals surface area contributed by atoms with Crippen molar-refractivity contribution >= 4 is 11.8 Å². The highest BCUT2D eigenvalue weighted by Crippen LogP contribution is 2.32. The largest absolute Gasteiger partial charge is 0.347 e. The lowest BCUT2D eigenvalue weighted by molar-refractivity contribution is 0.0852. The van der Waals surface area contributed by atoms with Gasteiger partial charge in [0.25, 0.3) is 11.8 Å². The van der Waals surface area contributed by atoms with Crippen LogP contribution in [0.2, 0.25) is 0 Å². The third kappa shape index (κ3) is 4.69. The van der Waals surface area contributed by atoms with E-state index in [0.29, 0.717) is 11.1 Å². The molecule has 28 heavy (non-hydrogen) atoms. The third-order valence-electron chi connectivity index (χ3n) is 5.63. The van der Waals surface area contributed by atoms with Gasteiger partial charge in [-0.1, -0.05) is 48.0 Å². The van der Waals surface area contributed by atoms with Crippen molar-refractivity contribution in [2.24, 2.45) is 5.92 Å². The number of nitrogens with one attached hydrogen (secondary N) is 2. The van der Waals surface area contributed by atoms with Gasteiger partial charge in [0.1, 0.15) is 0 Å². The molecule has 3 rings (SSSR count). The molecule has 2 aromatic carbocycles. The Morgan fingerprint density at radius 1 is 0.893 bits per heavy atom. The zero-order valence-corrected chi connectivity index (χ0v) is 16.7. The van der Waals surface area contributed by atoms with Crippen molar-refractivity contribution in [1.29, 1.82) is 0 Å². The molecule has 0 fully saturated rings. The number of allylic oxidation sites excluding steroid dienone is 1. The van der Waals surface area contributed by atoms with Crippen LogP contribution >= 0.6 is 0 Å². The maximum atomic E-state index is 12.6. The second-order valence-corrected chi connectivity index (χ2v) is 8.05. The van der Waals surface area contributed by atoms with Gasteiger partial charge in [-0.15, -0.1) is 0 Å². The topological polar surface area (TPSA) is 58.2 Å². The molecule has 2 atom stereocenters. The van der Waals surface area contributed by atoms with Gasteiger partial charge in [-0.05, 0) is 63.8 Å². The summed E-state index contributed by atoms with van der Waals surface area (Å²) in [5.74, 6) is 0.0943. The van der Waals surface area contributed by atoms with Gasteiger partial charge in [0, 0.05) is 16.7 Å². The van der Waals surface area contributed by atoms with Crippen molar-refractivity contribution in [1.82, 2.24) is 10.6 Å². The SMILES string of the molecule is CC1=CC[C@H](C(C)(C)NC(=O)c2ccccc2)C[C@H]1NC(=O)c1ccccc1. The van der Waals surface area contributed by atoms with Gasteiger partial charge in [-0.2, -0.15) is 0 Å². The Morgan fingerprint density at radius 3 is 2.00 bits per heavy atom. The number of carbonyl (C=O) groups is 2. The molecule has 2 N–H and O–H groups in total.